The summed E-state index contributed by atoms with van der Waals surface area (Å²) in [5.74, 6) is -1.40. The molecule has 0 heterocycles. The van der Waals surface area contributed by atoms with Gasteiger partial charge in [-0.15, -0.1) is 0 Å². The molecular formula is C22H23BrN2O7. The molecule has 0 aliphatic heterocycles. The maximum Gasteiger partial charge on any atom is 0.305 e. The molecule has 0 aliphatic rings. The highest BCUT2D eigenvalue weighted by Gasteiger charge is 2.20. The van der Waals surface area contributed by atoms with Crippen molar-refractivity contribution in [3.8, 4) is 17.2 Å². The molecule has 10 heteroatoms. The lowest BCUT2D eigenvalue weighted by molar-refractivity contribution is -0.136. The molecule has 0 radical (unpaired) electrons. The second-order valence-corrected chi connectivity index (χ2v) is 7.29. The van der Waals surface area contributed by atoms with E-state index in [1.807, 2.05) is 0 Å². The number of rotatable bonds is 10. The van der Waals surface area contributed by atoms with Crippen molar-refractivity contribution in [1.82, 2.24) is 10.6 Å². The number of halogens is 1. The van der Waals surface area contributed by atoms with Crippen LogP contribution in [0.3, 0.4) is 0 Å². The van der Waals surface area contributed by atoms with Crippen LogP contribution in [-0.2, 0) is 9.59 Å². The minimum atomic E-state index is -1.05. The SMILES string of the molecule is COc1cc(C(=O)NC(=Cc2ccc(Br)cc2)C(=O)NCCC(=O)O)cc(OC)c1OC. The Hall–Kier alpha value is -3.53. The largest absolute Gasteiger partial charge is 0.493 e. The Morgan fingerprint density at radius 1 is 1.00 bits per heavy atom. The first kappa shape index (κ1) is 24.7. The van der Waals surface area contributed by atoms with E-state index in [4.69, 9.17) is 19.3 Å². The fourth-order valence-electron chi connectivity index (χ4n) is 2.67. The molecule has 2 aromatic carbocycles. The van der Waals surface area contributed by atoms with E-state index in [0.29, 0.717) is 11.3 Å². The van der Waals surface area contributed by atoms with Gasteiger partial charge in [-0.25, -0.2) is 0 Å². The number of carboxylic acids is 1. The van der Waals surface area contributed by atoms with E-state index in [1.54, 1.807) is 24.3 Å². The maximum atomic E-state index is 12.9. The maximum absolute atomic E-state index is 12.9. The first-order chi connectivity index (χ1) is 15.3. The Morgan fingerprint density at radius 3 is 2.09 bits per heavy atom. The number of carbonyl (C=O) groups excluding carboxylic acids is 2. The molecule has 0 aromatic heterocycles. The van der Waals surface area contributed by atoms with E-state index in [1.165, 1.54) is 39.5 Å². The van der Waals surface area contributed by atoms with Crippen LogP contribution in [0.25, 0.3) is 6.08 Å². The van der Waals surface area contributed by atoms with Crippen LogP contribution in [0.4, 0.5) is 0 Å². The van der Waals surface area contributed by atoms with Gasteiger partial charge in [-0.1, -0.05) is 28.1 Å². The number of carbonyl (C=O) groups is 3. The van der Waals surface area contributed by atoms with E-state index >= 15 is 0 Å². The number of carboxylic acid groups (broad SMARTS) is 1. The van der Waals surface area contributed by atoms with E-state index in [9.17, 15) is 14.4 Å². The van der Waals surface area contributed by atoms with Crippen molar-refractivity contribution in [3.63, 3.8) is 0 Å². The average molecular weight is 507 g/mol. The highest BCUT2D eigenvalue weighted by Crippen LogP contribution is 2.38. The van der Waals surface area contributed by atoms with Crippen LogP contribution in [0.5, 0.6) is 17.2 Å². The lowest BCUT2D eigenvalue weighted by Crippen LogP contribution is -2.35. The quantitative estimate of drug-likeness (QED) is 0.423. The summed E-state index contributed by atoms with van der Waals surface area (Å²) in [6, 6.07) is 9.98. The lowest BCUT2D eigenvalue weighted by atomic mass is 10.1. The smallest absolute Gasteiger partial charge is 0.305 e. The number of amides is 2. The molecular weight excluding hydrogens is 484 g/mol. The Balaban J connectivity index is 2.35. The highest BCUT2D eigenvalue weighted by molar-refractivity contribution is 9.10. The molecule has 2 rings (SSSR count). The zero-order valence-corrected chi connectivity index (χ0v) is 19.3. The van der Waals surface area contributed by atoms with Gasteiger partial charge in [-0.3, -0.25) is 14.4 Å². The first-order valence-corrected chi connectivity index (χ1v) is 10.2. The van der Waals surface area contributed by atoms with Gasteiger partial charge < -0.3 is 30.0 Å². The van der Waals surface area contributed by atoms with Gasteiger partial charge in [0.05, 0.1) is 27.8 Å². The van der Waals surface area contributed by atoms with Crippen molar-refractivity contribution in [3.05, 3.63) is 57.7 Å². The summed E-state index contributed by atoms with van der Waals surface area (Å²) in [4.78, 5) is 36.3. The molecule has 0 bridgehead atoms. The normalized spacial score (nSPS) is 10.8. The summed E-state index contributed by atoms with van der Waals surface area (Å²) in [5, 5.41) is 13.8. The molecule has 2 amide bonds. The van der Waals surface area contributed by atoms with Crippen LogP contribution in [0.1, 0.15) is 22.3 Å². The molecule has 9 nitrogen and oxygen atoms in total. The molecule has 0 spiro atoms. The van der Waals surface area contributed by atoms with Crippen molar-refractivity contribution in [1.29, 1.82) is 0 Å². The molecule has 3 N–H and O–H groups in total. The standard InChI is InChI=1S/C22H23BrN2O7/c1-30-17-11-14(12-18(31-2)20(17)32-3)21(28)25-16(22(29)24-9-8-19(26)27)10-13-4-6-15(23)7-5-13/h4-7,10-12H,8-9H2,1-3H3,(H,24,29)(H,25,28)(H,26,27). The van der Waals surface area contributed by atoms with Gasteiger partial charge >= 0.3 is 5.97 Å². The van der Waals surface area contributed by atoms with Crippen LogP contribution in [0, 0.1) is 0 Å². The van der Waals surface area contributed by atoms with Crippen molar-refractivity contribution in [2.24, 2.45) is 0 Å². The fourth-order valence-corrected chi connectivity index (χ4v) is 2.93. The highest BCUT2D eigenvalue weighted by atomic mass is 79.9. The molecule has 32 heavy (non-hydrogen) atoms. The predicted molar refractivity (Wildman–Crippen MR) is 121 cm³/mol. The van der Waals surface area contributed by atoms with E-state index < -0.39 is 17.8 Å². The third kappa shape index (κ3) is 6.74. The molecule has 0 saturated carbocycles. The van der Waals surface area contributed by atoms with E-state index in [0.717, 1.165) is 4.47 Å². The minimum absolute atomic E-state index is 0.0588. The average Bonchev–Trinajstić information content (AvgIpc) is 2.78. The third-order valence-electron chi connectivity index (χ3n) is 4.23. The van der Waals surface area contributed by atoms with Crippen LogP contribution in [0.15, 0.2) is 46.6 Å². The number of nitrogens with one attached hydrogen (secondary N) is 2. The van der Waals surface area contributed by atoms with Gasteiger partial charge in [0.15, 0.2) is 11.5 Å². The lowest BCUT2D eigenvalue weighted by Gasteiger charge is -2.15. The second-order valence-electron chi connectivity index (χ2n) is 6.38. The molecule has 0 unspecified atom stereocenters. The van der Waals surface area contributed by atoms with Gasteiger partial charge in [-0.2, -0.15) is 0 Å². The van der Waals surface area contributed by atoms with Gasteiger partial charge in [0.2, 0.25) is 5.75 Å². The molecule has 0 saturated heterocycles. The summed E-state index contributed by atoms with van der Waals surface area (Å²) in [5.41, 5.74) is 0.762. The summed E-state index contributed by atoms with van der Waals surface area (Å²) in [7, 11) is 4.29. The molecule has 2 aromatic rings. The summed E-state index contributed by atoms with van der Waals surface area (Å²) >= 11 is 3.34. The number of benzene rings is 2. The summed E-state index contributed by atoms with van der Waals surface area (Å²) in [6.45, 7) is -0.0914. The Kier molecular flexibility index (Phi) is 9.08. The Labute approximate surface area is 193 Å². The minimum Gasteiger partial charge on any atom is -0.493 e. The predicted octanol–water partition coefficient (Wildman–Crippen LogP) is 2.84. The second kappa shape index (κ2) is 11.8. The number of hydrogen-bond donors (Lipinski definition) is 3. The van der Waals surface area contributed by atoms with Crippen LogP contribution in [0.2, 0.25) is 0 Å². The molecule has 0 fully saturated rings. The summed E-state index contributed by atoms with van der Waals surface area (Å²) in [6.07, 6.45) is 1.23. The van der Waals surface area contributed by atoms with Crippen LogP contribution in [-0.4, -0.2) is 50.8 Å². The Morgan fingerprint density at radius 2 is 1.59 bits per heavy atom. The fraction of sp³-hybridized carbons (Fsp3) is 0.227. The van der Waals surface area contributed by atoms with Gasteiger partial charge in [-0.05, 0) is 35.9 Å². The van der Waals surface area contributed by atoms with Crippen LogP contribution >= 0.6 is 15.9 Å². The topological polar surface area (TPSA) is 123 Å². The Bertz CT molecular complexity index is 994. The zero-order chi connectivity index (χ0) is 23.7. The van der Waals surface area contributed by atoms with Crippen molar-refractivity contribution >= 4 is 39.8 Å². The number of aliphatic carboxylic acids is 1. The van der Waals surface area contributed by atoms with Gasteiger partial charge in [0, 0.05) is 16.6 Å². The molecule has 0 atom stereocenters. The molecule has 170 valence electrons. The van der Waals surface area contributed by atoms with Gasteiger partial charge in [0.25, 0.3) is 11.8 Å². The van der Waals surface area contributed by atoms with Crippen LogP contribution < -0.4 is 24.8 Å². The van der Waals surface area contributed by atoms with E-state index in [-0.39, 0.29) is 35.7 Å². The van der Waals surface area contributed by atoms with Gasteiger partial charge in [0.1, 0.15) is 5.70 Å². The monoisotopic (exact) mass is 506 g/mol. The van der Waals surface area contributed by atoms with Crippen molar-refractivity contribution < 1.29 is 33.7 Å². The van der Waals surface area contributed by atoms with Crippen molar-refractivity contribution in [2.75, 3.05) is 27.9 Å². The molecule has 0 aliphatic carbocycles. The summed E-state index contributed by atoms with van der Waals surface area (Å²) < 4.78 is 16.6. The zero-order valence-electron chi connectivity index (χ0n) is 17.7. The number of ether oxygens (including phenoxy) is 3. The number of methoxy groups -OCH3 is 3. The van der Waals surface area contributed by atoms with E-state index in [2.05, 4.69) is 26.6 Å². The van der Waals surface area contributed by atoms with Crippen molar-refractivity contribution in [2.45, 2.75) is 6.42 Å². The third-order valence-corrected chi connectivity index (χ3v) is 4.75. The first-order valence-electron chi connectivity index (χ1n) is 9.37. The number of hydrogen-bond acceptors (Lipinski definition) is 6.